The molecule has 2 heterocycles. The third-order valence-electron chi connectivity index (χ3n) is 2.50. The van der Waals surface area contributed by atoms with Gasteiger partial charge in [0.15, 0.2) is 0 Å². The minimum absolute atomic E-state index is 0.303. The van der Waals surface area contributed by atoms with E-state index in [9.17, 15) is 13.2 Å². The number of halogens is 3. The summed E-state index contributed by atoms with van der Waals surface area (Å²) in [5, 5.41) is 3.68. The molecule has 1 fully saturated rings. The predicted molar refractivity (Wildman–Crippen MR) is 64.9 cm³/mol. The second kappa shape index (κ2) is 5.69. The molecular weight excluding hydrogens is 265 g/mol. The molecule has 18 heavy (non-hydrogen) atoms. The number of hydrogen-bond donors (Lipinski definition) is 1. The van der Waals surface area contributed by atoms with Crippen molar-refractivity contribution in [3.8, 4) is 5.75 Å². The van der Waals surface area contributed by atoms with Gasteiger partial charge in [-0.3, -0.25) is 0 Å². The first-order valence-electron chi connectivity index (χ1n) is 5.60. The lowest BCUT2D eigenvalue weighted by molar-refractivity contribution is -0.274. The fraction of sp³-hybridized carbons (Fsp3) is 0.545. The van der Waals surface area contributed by atoms with Gasteiger partial charge in [0.2, 0.25) is 0 Å². The summed E-state index contributed by atoms with van der Waals surface area (Å²) in [7, 11) is 0. The van der Waals surface area contributed by atoms with Crippen molar-refractivity contribution in [3.05, 3.63) is 18.3 Å². The summed E-state index contributed by atoms with van der Waals surface area (Å²) in [6.07, 6.45) is -1.20. The molecule has 3 nitrogen and oxygen atoms in total. The maximum atomic E-state index is 11.9. The Kier molecular flexibility index (Phi) is 4.21. The van der Waals surface area contributed by atoms with Crippen LogP contribution in [0, 0.1) is 0 Å². The van der Waals surface area contributed by atoms with E-state index < -0.39 is 6.36 Å². The van der Waals surface area contributed by atoms with Crippen LogP contribution in [0.15, 0.2) is 18.3 Å². The quantitative estimate of drug-likeness (QED) is 0.916. The van der Waals surface area contributed by atoms with Crippen molar-refractivity contribution in [2.75, 3.05) is 17.6 Å². The maximum Gasteiger partial charge on any atom is 0.573 e. The molecule has 1 N–H and O–H groups in total. The Morgan fingerprint density at radius 1 is 1.44 bits per heavy atom. The van der Waals surface area contributed by atoms with Crippen LogP contribution >= 0.6 is 11.8 Å². The molecule has 1 atom stereocenters. The molecule has 0 aromatic carbocycles. The third kappa shape index (κ3) is 4.29. The minimum atomic E-state index is -4.67. The van der Waals surface area contributed by atoms with Crippen LogP contribution in [0.25, 0.3) is 0 Å². The molecule has 0 amide bonds. The molecule has 1 aliphatic heterocycles. The predicted octanol–water partition coefficient (Wildman–Crippen LogP) is 3.29. The molecule has 0 saturated carbocycles. The van der Waals surface area contributed by atoms with Crippen LogP contribution in [0.1, 0.15) is 12.8 Å². The van der Waals surface area contributed by atoms with Crippen molar-refractivity contribution in [1.82, 2.24) is 4.98 Å². The molecule has 1 saturated heterocycles. The maximum absolute atomic E-state index is 11.9. The van der Waals surface area contributed by atoms with E-state index in [1.807, 2.05) is 11.8 Å². The van der Waals surface area contributed by atoms with Crippen molar-refractivity contribution in [1.29, 1.82) is 0 Å². The molecule has 0 spiro atoms. The van der Waals surface area contributed by atoms with E-state index in [1.54, 1.807) is 0 Å². The van der Waals surface area contributed by atoms with E-state index in [2.05, 4.69) is 15.0 Å². The third-order valence-corrected chi connectivity index (χ3v) is 3.90. The largest absolute Gasteiger partial charge is 0.573 e. The number of nitrogens with zero attached hydrogens (tertiary/aromatic N) is 1. The fourth-order valence-corrected chi connectivity index (χ4v) is 2.90. The van der Waals surface area contributed by atoms with Gasteiger partial charge in [0.1, 0.15) is 11.6 Å². The summed E-state index contributed by atoms with van der Waals surface area (Å²) in [5.41, 5.74) is 0. The molecule has 2 rings (SSSR count). The topological polar surface area (TPSA) is 34.1 Å². The zero-order valence-electron chi connectivity index (χ0n) is 9.54. The van der Waals surface area contributed by atoms with E-state index in [0.29, 0.717) is 11.1 Å². The molecule has 1 unspecified atom stereocenters. The number of alkyl halides is 3. The van der Waals surface area contributed by atoms with Crippen molar-refractivity contribution >= 4 is 17.6 Å². The molecule has 100 valence electrons. The Bertz CT molecular complexity index is 377. The van der Waals surface area contributed by atoms with Gasteiger partial charge >= 0.3 is 6.36 Å². The van der Waals surface area contributed by atoms with Crippen molar-refractivity contribution in [2.45, 2.75) is 24.5 Å². The molecular formula is C11H13F3N2OS. The average Bonchev–Trinajstić information content (AvgIpc) is 2.79. The van der Waals surface area contributed by atoms with E-state index >= 15 is 0 Å². The number of aromatic nitrogens is 1. The van der Waals surface area contributed by atoms with Gasteiger partial charge in [-0.25, -0.2) is 4.98 Å². The van der Waals surface area contributed by atoms with Crippen LogP contribution in [0.4, 0.5) is 19.0 Å². The van der Waals surface area contributed by atoms with Gasteiger partial charge in [-0.2, -0.15) is 11.8 Å². The summed E-state index contributed by atoms with van der Waals surface area (Å²) < 4.78 is 39.5. The van der Waals surface area contributed by atoms with Crippen LogP contribution in [0.5, 0.6) is 5.75 Å². The van der Waals surface area contributed by atoms with Crippen molar-refractivity contribution in [3.63, 3.8) is 0 Å². The van der Waals surface area contributed by atoms with Crippen LogP contribution < -0.4 is 10.1 Å². The Morgan fingerprint density at radius 3 is 2.83 bits per heavy atom. The summed E-state index contributed by atoms with van der Waals surface area (Å²) in [6.45, 7) is 0.789. The number of anilines is 1. The fourth-order valence-electron chi connectivity index (χ4n) is 1.70. The minimum Gasteiger partial charge on any atom is -0.404 e. The monoisotopic (exact) mass is 278 g/mol. The highest BCUT2D eigenvalue weighted by molar-refractivity contribution is 8.00. The number of rotatable bonds is 4. The van der Waals surface area contributed by atoms with Crippen LogP contribution in [0.2, 0.25) is 0 Å². The number of hydrogen-bond acceptors (Lipinski definition) is 4. The van der Waals surface area contributed by atoms with Crippen LogP contribution in [-0.2, 0) is 0 Å². The second-order valence-corrected chi connectivity index (χ2v) is 5.35. The number of nitrogens with one attached hydrogen (secondary N) is 1. The number of thioether (sulfide) groups is 1. The Balaban J connectivity index is 1.83. The smallest absolute Gasteiger partial charge is 0.404 e. The summed E-state index contributed by atoms with van der Waals surface area (Å²) in [5.74, 6) is 1.44. The van der Waals surface area contributed by atoms with Gasteiger partial charge in [-0.15, -0.1) is 13.2 Å². The van der Waals surface area contributed by atoms with Gasteiger partial charge in [0, 0.05) is 11.8 Å². The van der Waals surface area contributed by atoms with E-state index in [1.165, 1.54) is 30.7 Å². The Morgan fingerprint density at radius 2 is 2.28 bits per heavy atom. The standard InChI is InChI=1S/C11H13F3N2OS/c12-11(13,14)17-8-3-4-10(15-6-8)16-7-9-2-1-5-18-9/h3-4,6,9H,1-2,5,7H2,(H,15,16). The first-order valence-corrected chi connectivity index (χ1v) is 6.65. The summed E-state index contributed by atoms with van der Waals surface area (Å²) in [4.78, 5) is 3.88. The van der Waals surface area contributed by atoms with Gasteiger partial charge in [0.05, 0.1) is 6.20 Å². The highest BCUT2D eigenvalue weighted by atomic mass is 32.2. The summed E-state index contributed by atoms with van der Waals surface area (Å²) in [6, 6.07) is 2.74. The number of ether oxygens (including phenoxy) is 1. The van der Waals surface area contributed by atoms with Crippen molar-refractivity contribution in [2.24, 2.45) is 0 Å². The highest BCUT2D eigenvalue weighted by Crippen LogP contribution is 2.26. The second-order valence-electron chi connectivity index (χ2n) is 3.94. The number of pyridine rings is 1. The van der Waals surface area contributed by atoms with E-state index in [0.717, 1.165) is 12.7 Å². The first kappa shape index (κ1) is 13.3. The molecule has 1 aromatic rings. The lowest BCUT2D eigenvalue weighted by atomic mass is 10.2. The zero-order valence-corrected chi connectivity index (χ0v) is 10.4. The van der Waals surface area contributed by atoms with E-state index in [4.69, 9.17) is 0 Å². The lowest BCUT2D eigenvalue weighted by Crippen LogP contribution is -2.17. The average molecular weight is 278 g/mol. The van der Waals surface area contributed by atoms with Gasteiger partial charge in [0.25, 0.3) is 0 Å². The molecule has 0 aliphatic carbocycles. The summed E-state index contributed by atoms with van der Waals surface area (Å²) >= 11 is 1.91. The SMILES string of the molecule is FC(F)(F)Oc1ccc(NCC2CCCS2)nc1. The molecule has 1 aromatic heterocycles. The normalized spacial score (nSPS) is 19.8. The lowest BCUT2D eigenvalue weighted by Gasteiger charge is -2.11. The first-order chi connectivity index (χ1) is 8.53. The van der Waals surface area contributed by atoms with Gasteiger partial charge in [-0.05, 0) is 30.7 Å². The molecule has 0 radical (unpaired) electrons. The highest BCUT2D eigenvalue weighted by Gasteiger charge is 2.31. The van der Waals surface area contributed by atoms with Crippen LogP contribution in [0.3, 0.4) is 0 Å². The van der Waals surface area contributed by atoms with Crippen molar-refractivity contribution < 1.29 is 17.9 Å². The van der Waals surface area contributed by atoms with Crippen LogP contribution in [-0.4, -0.2) is 28.9 Å². The Labute approximate surface area is 107 Å². The zero-order chi connectivity index (χ0) is 13.0. The van der Waals surface area contributed by atoms with E-state index in [-0.39, 0.29) is 5.75 Å². The Hall–Kier alpha value is -1.11. The molecule has 0 bridgehead atoms. The molecule has 1 aliphatic rings. The van der Waals surface area contributed by atoms with Gasteiger partial charge in [-0.1, -0.05) is 0 Å². The van der Waals surface area contributed by atoms with Gasteiger partial charge < -0.3 is 10.1 Å². The molecule has 7 heteroatoms.